The van der Waals surface area contributed by atoms with Crippen molar-refractivity contribution < 1.29 is 4.74 Å². The van der Waals surface area contributed by atoms with Crippen LogP contribution in [0.2, 0.25) is 0 Å². The third-order valence-corrected chi connectivity index (χ3v) is 3.92. The van der Waals surface area contributed by atoms with Crippen molar-refractivity contribution in [2.75, 3.05) is 33.9 Å². The van der Waals surface area contributed by atoms with Gasteiger partial charge in [-0.2, -0.15) is 0 Å². The van der Waals surface area contributed by atoms with E-state index in [9.17, 15) is 0 Å². The number of likely N-dealkylation sites (tertiary alicyclic amines) is 1. The molecule has 3 unspecified atom stereocenters. The number of methoxy groups -OCH3 is 1. The third-order valence-electron chi connectivity index (χ3n) is 3.92. The zero-order valence-corrected chi connectivity index (χ0v) is 11.3. The highest BCUT2D eigenvalue weighted by Crippen LogP contribution is 2.20. The molecule has 1 rings (SSSR count). The molecule has 0 spiro atoms. The van der Waals surface area contributed by atoms with E-state index >= 15 is 0 Å². The first-order valence-corrected chi connectivity index (χ1v) is 6.63. The SMILES string of the molecule is CCC(NC)C(C)N1CCCC(COC)C1. The molecule has 3 heteroatoms. The molecule has 0 amide bonds. The van der Waals surface area contributed by atoms with E-state index in [0.29, 0.717) is 12.1 Å². The topological polar surface area (TPSA) is 24.5 Å². The second kappa shape index (κ2) is 7.25. The number of rotatable bonds is 6. The number of likely N-dealkylation sites (N-methyl/N-ethyl adjacent to an activating group) is 1. The Morgan fingerprint density at radius 3 is 2.81 bits per heavy atom. The molecule has 1 heterocycles. The molecule has 96 valence electrons. The van der Waals surface area contributed by atoms with Crippen LogP contribution in [0.1, 0.15) is 33.1 Å². The molecule has 0 aromatic carbocycles. The average molecular weight is 228 g/mol. The van der Waals surface area contributed by atoms with E-state index in [1.54, 1.807) is 0 Å². The maximum absolute atomic E-state index is 5.28. The Hall–Kier alpha value is -0.120. The maximum atomic E-state index is 5.28. The van der Waals surface area contributed by atoms with Gasteiger partial charge >= 0.3 is 0 Å². The number of hydrogen-bond donors (Lipinski definition) is 1. The summed E-state index contributed by atoms with van der Waals surface area (Å²) in [5, 5.41) is 3.42. The van der Waals surface area contributed by atoms with Gasteiger partial charge in [-0.1, -0.05) is 6.92 Å². The van der Waals surface area contributed by atoms with Crippen LogP contribution in [0.4, 0.5) is 0 Å². The third kappa shape index (κ3) is 3.72. The minimum atomic E-state index is 0.612. The number of nitrogens with one attached hydrogen (secondary N) is 1. The van der Waals surface area contributed by atoms with Gasteiger partial charge in [0.05, 0.1) is 6.61 Å². The first-order valence-electron chi connectivity index (χ1n) is 6.63. The zero-order valence-electron chi connectivity index (χ0n) is 11.3. The lowest BCUT2D eigenvalue weighted by atomic mass is 9.95. The highest BCUT2D eigenvalue weighted by molar-refractivity contribution is 4.83. The molecular formula is C13H28N2O. The Morgan fingerprint density at radius 2 is 2.25 bits per heavy atom. The molecule has 1 aliphatic heterocycles. The number of ether oxygens (including phenoxy) is 1. The number of hydrogen-bond acceptors (Lipinski definition) is 3. The van der Waals surface area contributed by atoms with Crippen molar-refractivity contribution >= 4 is 0 Å². The number of nitrogens with zero attached hydrogens (tertiary/aromatic N) is 1. The van der Waals surface area contributed by atoms with Crippen molar-refractivity contribution in [2.45, 2.75) is 45.2 Å². The highest BCUT2D eigenvalue weighted by atomic mass is 16.5. The zero-order chi connectivity index (χ0) is 12.0. The molecule has 0 saturated carbocycles. The van der Waals surface area contributed by atoms with E-state index < -0.39 is 0 Å². The summed E-state index contributed by atoms with van der Waals surface area (Å²) in [5.74, 6) is 0.732. The van der Waals surface area contributed by atoms with Gasteiger partial charge in [0.2, 0.25) is 0 Å². The summed E-state index contributed by atoms with van der Waals surface area (Å²) in [7, 11) is 3.88. The summed E-state index contributed by atoms with van der Waals surface area (Å²) >= 11 is 0. The Bertz CT molecular complexity index is 181. The van der Waals surface area contributed by atoms with E-state index in [1.807, 2.05) is 7.11 Å². The molecule has 1 fully saturated rings. The van der Waals surface area contributed by atoms with Gasteiger partial charge in [0, 0.05) is 25.7 Å². The predicted octanol–water partition coefficient (Wildman–Crippen LogP) is 1.73. The van der Waals surface area contributed by atoms with Gasteiger partial charge in [-0.3, -0.25) is 4.90 Å². The molecule has 1 aliphatic rings. The van der Waals surface area contributed by atoms with Crippen molar-refractivity contribution in [2.24, 2.45) is 5.92 Å². The van der Waals surface area contributed by atoms with Gasteiger partial charge in [0.15, 0.2) is 0 Å². The van der Waals surface area contributed by atoms with Crippen LogP contribution in [0.15, 0.2) is 0 Å². The van der Waals surface area contributed by atoms with Crippen LogP contribution in [0.5, 0.6) is 0 Å². The summed E-state index contributed by atoms with van der Waals surface area (Å²) in [4.78, 5) is 2.62. The molecule has 3 nitrogen and oxygen atoms in total. The van der Waals surface area contributed by atoms with Crippen LogP contribution in [0, 0.1) is 5.92 Å². The van der Waals surface area contributed by atoms with Gasteiger partial charge in [0.25, 0.3) is 0 Å². The first kappa shape index (κ1) is 13.9. The standard InChI is InChI=1S/C13H28N2O/c1-5-13(14-3)11(2)15-8-6-7-12(9-15)10-16-4/h11-14H,5-10H2,1-4H3. The molecule has 0 aliphatic carbocycles. The van der Waals surface area contributed by atoms with E-state index in [4.69, 9.17) is 4.74 Å². The monoisotopic (exact) mass is 228 g/mol. The lowest BCUT2D eigenvalue weighted by Crippen LogP contribution is -2.51. The Balaban J connectivity index is 2.45. The highest BCUT2D eigenvalue weighted by Gasteiger charge is 2.26. The van der Waals surface area contributed by atoms with Gasteiger partial charge in [0.1, 0.15) is 0 Å². The van der Waals surface area contributed by atoms with Crippen molar-refractivity contribution in [3.63, 3.8) is 0 Å². The number of piperidine rings is 1. The van der Waals surface area contributed by atoms with Crippen LogP contribution in [0.25, 0.3) is 0 Å². The van der Waals surface area contributed by atoms with E-state index in [2.05, 4.69) is 31.1 Å². The fourth-order valence-corrected chi connectivity index (χ4v) is 2.88. The fraction of sp³-hybridized carbons (Fsp3) is 1.00. The van der Waals surface area contributed by atoms with Crippen molar-refractivity contribution in [3.8, 4) is 0 Å². The largest absolute Gasteiger partial charge is 0.384 e. The maximum Gasteiger partial charge on any atom is 0.0502 e. The smallest absolute Gasteiger partial charge is 0.0502 e. The molecule has 1 saturated heterocycles. The predicted molar refractivity (Wildman–Crippen MR) is 68.8 cm³/mol. The lowest BCUT2D eigenvalue weighted by molar-refractivity contribution is 0.0620. The van der Waals surface area contributed by atoms with Crippen molar-refractivity contribution in [3.05, 3.63) is 0 Å². The quantitative estimate of drug-likeness (QED) is 0.749. The second-order valence-electron chi connectivity index (χ2n) is 5.00. The lowest BCUT2D eigenvalue weighted by Gasteiger charge is -2.39. The van der Waals surface area contributed by atoms with Crippen LogP contribution in [0.3, 0.4) is 0 Å². The molecule has 16 heavy (non-hydrogen) atoms. The van der Waals surface area contributed by atoms with Crippen LogP contribution >= 0.6 is 0 Å². The molecule has 0 aromatic heterocycles. The molecule has 1 N–H and O–H groups in total. The minimum Gasteiger partial charge on any atom is -0.384 e. The summed E-state index contributed by atoms with van der Waals surface area (Å²) in [6, 6.07) is 1.25. The van der Waals surface area contributed by atoms with Gasteiger partial charge in [-0.05, 0) is 45.7 Å². The van der Waals surface area contributed by atoms with Gasteiger partial charge in [-0.25, -0.2) is 0 Å². The normalized spacial score (nSPS) is 26.6. The Kier molecular flexibility index (Phi) is 6.32. The Labute approximate surface area is 101 Å². The van der Waals surface area contributed by atoms with Gasteiger partial charge < -0.3 is 10.1 Å². The fourth-order valence-electron chi connectivity index (χ4n) is 2.88. The van der Waals surface area contributed by atoms with Gasteiger partial charge in [-0.15, -0.1) is 0 Å². The molecular weight excluding hydrogens is 200 g/mol. The average Bonchev–Trinajstić information content (AvgIpc) is 2.31. The van der Waals surface area contributed by atoms with Crippen LogP contribution in [-0.4, -0.2) is 50.8 Å². The summed E-state index contributed by atoms with van der Waals surface area (Å²) < 4.78 is 5.28. The molecule has 3 atom stereocenters. The van der Waals surface area contributed by atoms with E-state index in [0.717, 1.165) is 12.5 Å². The molecule has 0 aromatic rings. The summed E-state index contributed by atoms with van der Waals surface area (Å²) in [6.07, 6.45) is 3.84. The second-order valence-corrected chi connectivity index (χ2v) is 5.00. The van der Waals surface area contributed by atoms with Crippen LogP contribution in [-0.2, 0) is 4.74 Å². The van der Waals surface area contributed by atoms with Crippen molar-refractivity contribution in [1.82, 2.24) is 10.2 Å². The minimum absolute atomic E-state index is 0.612. The summed E-state index contributed by atoms with van der Waals surface area (Å²) in [5.41, 5.74) is 0. The molecule has 0 bridgehead atoms. The van der Waals surface area contributed by atoms with E-state index in [1.165, 1.54) is 32.4 Å². The molecule has 0 radical (unpaired) electrons. The summed E-state index contributed by atoms with van der Waals surface area (Å²) in [6.45, 7) is 7.97. The Morgan fingerprint density at radius 1 is 1.50 bits per heavy atom. The van der Waals surface area contributed by atoms with Crippen LogP contribution < -0.4 is 5.32 Å². The van der Waals surface area contributed by atoms with E-state index in [-0.39, 0.29) is 0 Å². The first-order chi connectivity index (χ1) is 7.72. The van der Waals surface area contributed by atoms with Crippen molar-refractivity contribution in [1.29, 1.82) is 0 Å².